The van der Waals surface area contributed by atoms with E-state index in [1.54, 1.807) is 12.4 Å². The number of aromatic nitrogens is 1. The third-order valence-corrected chi connectivity index (χ3v) is 3.16. The van der Waals surface area contributed by atoms with E-state index >= 15 is 0 Å². The van der Waals surface area contributed by atoms with Crippen LogP contribution in [-0.2, 0) is 4.74 Å². The van der Waals surface area contributed by atoms with Crippen LogP contribution in [0.2, 0.25) is 0 Å². The predicted molar refractivity (Wildman–Crippen MR) is 65.0 cm³/mol. The Hall–Kier alpha value is -1.74. The van der Waals surface area contributed by atoms with Crippen LogP contribution in [0.5, 0.6) is 0 Å². The molecule has 1 saturated heterocycles. The molecule has 3 rings (SSSR count). The lowest BCUT2D eigenvalue weighted by atomic mass is 10.0. The summed E-state index contributed by atoms with van der Waals surface area (Å²) in [6.45, 7) is 0.689. The van der Waals surface area contributed by atoms with E-state index in [-0.39, 0.29) is 11.9 Å². The molecule has 1 atom stereocenters. The summed E-state index contributed by atoms with van der Waals surface area (Å²) >= 11 is 0. The summed E-state index contributed by atoms with van der Waals surface area (Å²) in [6, 6.07) is 7.81. The highest BCUT2D eigenvalue weighted by Gasteiger charge is 2.25. The van der Waals surface area contributed by atoms with Crippen LogP contribution >= 0.6 is 0 Å². The first-order valence-electron chi connectivity index (χ1n) is 5.85. The van der Waals surface area contributed by atoms with E-state index in [0.717, 1.165) is 23.6 Å². The minimum Gasteiger partial charge on any atom is -0.370 e. The van der Waals surface area contributed by atoms with Crippen LogP contribution in [-0.4, -0.2) is 23.5 Å². The Bertz CT molecular complexity index is 554. The quantitative estimate of drug-likeness (QED) is 0.740. The highest BCUT2D eigenvalue weighted by Crippen LogP contribution is 2.22. The second-order valence-corrected chi connectivity index (χ2v) is 4.27. The van der Waals surface area contributed by atoms with Crippen molar-refractivity contribution in [2.45, 2.75) is 18.9 Å². The Balaban J connectivity index is 2.07. The molecule has 0 radical (unpaired) electrons. The normalized spacial score (nSPS) is 19.6. The fraction of sp³-hybridized carbons (Fsp3) is 0.286. The number of hydrogen-bond acceptors (Lipinski definition) is 3. The van der Waals surface area contributed by atoms with Gasteiger partial charge in [0.1, 0.15) is 6.10 Å². The number of fused-ring (bicyclic) bond motifs is 1. The Morgan fingerprint density at radius 1 is 1.29 bits per heavy atom. The van der Waals surface area contributed by atoms with Gasteiger partial charge in [-0.25, -0.2) is 0 Å². The summed E-state index contributed by atoms with van der Waals surface area (Å²) < 4.78 is 5.44. The molecule has 0 spiro atoms. The Morgan fingerprint density at radius 2 is 2.18 bits per heavy atom. The zero-order chi connectivity index (χ0) is 11.7. The number of benzene rings is 1. The molecule has 3 heteroatoms. The topological polar surface area (TPSA) is 39.2 Å². The summed E-state index contributed by atoms with van der Waals surface area (Å²) in [5.41, 5.74) is 0.676. The monoisotopic (exact) mass is 227 g/mol. The molecular weight excluding hydrogens is 214 g/mol. The Labute approximate surface area is 99.4 Å². The van der Waals surface area contributed by atoms with E-state index in [0.29, 0.717) is 12.2 Å². The number of hydrogen-bond donors (Lipinski definition) is 0. The minimum atomic E-state index is -0.275. The summed E-state index contributed by atoms with van der Waals surface area (Å²) in [7, 11) is 0. The second-order valence-electron chi connectivity index (χ2n) is 4.27. The molecule has 1 aliphatic heterocycles. The zero-order valence-electron chi connectivity index (χ0n) is 9.43. The zero-order valence-corrected chi connectivity index (χ0v) is 9.43. The van der Waals surface area contributed by atoms with Gasteiger partial charge in [-0.15, -0.1) is 0 Å². The van der Waals surface area contributed by atoms with Crippen molar-refractivity contribution in [1.29, 1.82) is 0 Å². The van der Waals surface area contributed by atoms with Gasteiger partial charge in [0, 0.05) is 30.0 Å². The van der Waals surface area contributed by atoms with Crippen molar-refractivity contribution >= 4 is 16.6 Å². The van der Waals surface area contributed by atoms with Gasteiger partial charge in [0.05, 0.1) is 0 Å². The van der Waals surface area contributed by atoms with Crippen LogP contribution in [0.15, 0.2) is 36.7 Å². The molecule has 2 aromatic rings. The molecule has 17 heavy (non-hydrogen) atoms. The molecule has 3 nitrogen and oxygen atoms in total. The first-order chi connectivity index (χ1) is 8.36. The van der Waals surface area contributed by atoms with Crippen molar-refractivity contribution in [3.8, 4) is 0 Å². The third-order valence-electron chi connectivity index (χ3n) is 3.16. The van der Waals surface area contributed by atoms with E-state index in [1.807, 2.05) is 24.3 Å². The van der Waals surface area contributed by atoms with Crippen LogP contribution in [0.1, 0.15) is 23.2 Å². The summed E-state index contributed by atoms with van der Waals surface area (Å²) in [6.07, 6.45) is 4.94. The summed E-state index contributed by atoms with van der Waals surface area (Å²) in [4.78, 5) is 16.4. The molecule has 1 unspecified atom stereocenters. The maximum Gasteiger partial charge on any atom is 0.193 e. The maximum atomic E-state index is 12.3. The fourth-order valence-corrected chi connectivity index (χ4v) is 2.27. The van der Waals surface area contributed by atoms with Crippen molar-refractivity contribution in [2.75, 3.05) is 6.61 Å². The van der Waals surface area contributed by atoms with Gasteiger partial charge in [-0.3, -0.25) is 9.78 Å². The van der Waals surface area contributed by atoms with Crippen LogP contribution < -0.4 is 0 Å². The van der Waals surface area contributed by atoms with E-state index < -0.39 is 0 Å². The van der Waals surface area contributed by atoms with E-state index in [4.69, 9.17) is 4.74 Å². The average molecular weight is 227 g/mol. The van der Waals surface area contributed by atoms with Gasteiger partial charge in [-0.2, -0.15) is 0 Å². The van der Waals surface area contributed by atoms with Crippen molar-refractivity contribution in [3.05, 3.63) is 42.2 Å². The number of carbonyl (C=O) groups excluding carboxylic acids is 1. The third kappa shape index (κ3) is 1.83. The highest BCUT2D eigenvalue weighted by molar-refractivity contribution is 6.09. The van der Waals surface area contributed by atoms with Crippen LogP contribution in [0.25, 0.3) is 10.8 Å². The van der Waals surface area contributed by atoms with Crippen molar-refractivity contribution in [3.63, 3.8) is 0 Å². The predicted octanol–water partition coefficient (Wildman–Crippen LogP) is 2.60. The number of rotatable bonds is 2. The molecule has 0 bridgehead atoms. The second kappa shape index (κ2) is 4.26. The number of ketones is 1. The van der Waals surface area contributed by atoms with Crippen molar-refractivity contribution in [1.82, 2.24) is 4.98 Å². The number of ether oxygens (including phenoxy) is 1. The van der Waals surface area contributed by atoms with Crippen molar-refractivity contribution < 1.29 is 9.53 Å². The molecule has 1 aromatic carbocycles. The van der Waals surface area contributed by atoms with E-state index in [1.165, 1.54) is 0 Å². The molecule has 1 fully saturated rings. The molecular formula is C14H13NO2. The maximum absolute atomic E-state index is 12.3. The number of pyridine rings is 1. The summed E-state index contributed by atoms with van der Waals surface area (Å²) in [5.74, 6) is 0.0619. The van der Waals surface area contributed by atoms with Gasteiger partial charge < -0.3 is 4.74 Å². The van der Waals surface area contributed by atoms with Crippen LogP contribution in [0.3, 0.4) is 0 Å². The first kappa shape index (κ1) is 10.4. The van der Waals surface area contributed by atoms with Crippen molar-refractivity contribution in [2.24, 2.45) is 0 Å². The molecule has 1 aliphatic rings. The summed E-state index contributed by atoms with van der Waals surface area (Å²) in [5, 5.41) is 1.96. The lowest BCUT2D eigenvalue weighted by Crippen LogP contribution is -2.19. The minimum absolute atomic E-state index is 0.0619. The average Bonchev–Trinajstić information content (AvgIpc) is 2.91. The van der Waals surface area contributed by atoms with Crippen LogP contribution in [0, 0.1) is 0 Å². The van der Waals surface area contributed by atoms with Gasteiger partial charge in [-0.05, 0) is 18.2 Å². The number of carbonyl (C=O) groups is 1. The van der Waals surface area contributed by atoms with Crippen LogP contribution in [0.4, 0.5) is 0 Å². The first-order valence-corrected chi connectivity index (χ1v) is 5.85. The smallest absolute Gasteiger partial charge is 0.193 e. The van der Waals surface area contributed by atoms with E-state index in [2.05, 4.69) is 4.98 Å². The van der Waals surface area contributed by atoms with Gasteiger partial charge in [-0.1, -0.05) is 24.3 Å². The van der Waals surface area contributed by atoms with E-state index in [9.17, 15) is 4.79 Å². The molecule has 2 heterocycles. The number of Topliss-reactive ketones (excluding diaryl/α,β-unsaturated/α-hetero) is 1. The lowest BCUT2D eigenvalue weighted by Gasteiger charge is -2.09. The molecule has 0 amide bonds. The molecule has 0 N–H and O–H groups in total. The molecule has 86 valence electrons. The van der Waals surface area contributed by atoms with Gasteiger partial charge in [0.2, 0.25) is 0 Å². The molecule has 0 saturated carbocycles. The standard InChI is InChI=1S/C14H13NO2/c16-14(13-6-3-7-17-13)12-9-15-8-10-4-1-2-5-11(10)12/h1-2,4-5,8-9,13H,3,6-7H2. The van der Waals surface area contributed by atoms with Gasteiger partial charge in [0.15, 0.2) is 5.78 Å². The SMILES string of the molecule is O=C(c1cncc2ccccc12)C1CCCO1. The highest BCUT2D eigenvalue weighted by atomic mass is 16.5. The van der Waals surface area contributed by atoms with Gasteiger partial charge in [0.25, 0.3) is 0 Å². The Morgan fingerprint density at radius 3 is 3.00 bits per heavy atom. The molecule has 0 aliphatic carbocycles. The number of nitrogens with zero attached hydrogens (tertiary/aromatic N) is 1. The molecule has 1 aromatic heterocycles. The fourth-order valence-electron chi connectivity index (χ4n) is 2.27. The largest absolute Gasteiger partial charge is 0.370 e. The lowest BCUT2D eigenvalue weighted by molar-refractivity contribution is 0.0644. The van der Waals surface area contributed by atoms with Gasteiger partial charge >= 0.3 is 0 Å². The Kier molecular flexibility index (Phi) is 2.61.